The highest BCUT2D eigenvalue weighted by Gasteiger charge is 2.32. The maximum absolute atomic E-state index is 12.4. The third-order valence-electron chi connectivity index (χ3n) is 3.23. The van der Waals surface area contributed by atoms with Crippen molar-refractivity contribution >= 4 is 35.7 Å². The Balaban J connectivity index is 2.24. The summed E-state index contributed by atoms with van der Waals surface area (Å²) < 4.78 is 27.0. The zero-order valence-electron chi connectivity index (χ0n) is 12.9. The zero-order valence-corrected chi connectivity index (χ0v) is 13.8. The molecule has 1 atom stereocenters. The van der Waals surface area contributed by atoms with Crippen LogP contribution in [0.5, 0.6) is 5.75 Å². The maximum Gasteiger partial charge on any atom is 0.561 e. The second-order valence-corrected chi connectivity index (χ2v) is 6.56. The Morgan fingerprint density at radius 3 is 2.61 bits per heavy atom. The van der Waals surface area contributed by atoms with Crippen molar-refractivity contribution in [2.45, 2.75) is 12.3 Å². The Labute approximate surface area is 138 Å². The molecule has 120 valence electrons. The molecule has 8 nitrogen and oxygen atoms in total. The van der Waals surface area contributed by atoms with Gasteiger partial charge in [-0.05, 0) is 39.2 Å². The van der Waals surface area contributed by atoms with E-state index < -0.39 is 7.82 Å². The van der Waals surface area contributed by atoms with E-state index >= 15 is 0 Å². The molecule has 0 amide bonds. The van der Waals surface area contributed by atoms with Gasteiger partial charge in [-0.15, -0.1) is 0 Å². The second kappa shape index (κ2) is 8.10. The molecular weight excluding hydrogens is 317 g/mol. The van der Waals surface area contributed by atoms with E-state index in [1.165, 1.54) is 0 Å². The van der Waals surface area contributed by atoms with E-state index in [1.54, 1.807) is 22.9 Å². The van der Waals surface area contributed by atoms with Gasteiger partial charge in [0.15, 0.2) is 0 Å². The highest BCUT2D eigenvalue weighted by molar-refractivity contribution is 7.48. The summed E-state index contributed by atoms with van der Waals surface area (Å²) in [6, 6.07) is 5.24. The quantitative estimate of drug-likeness (QED) is 0.398. The molecule has 0 saturated carbocycles. The van der Waals surface area contributed by atoms with Crippen molar-refractivity contribution in [3.63, 3.8) is 0 Å². The first kappa shape index (κ1) is 18.2. The predicted molar refractivity (Wildman–Crippen MR) is 88.7 cm³/mol. The minimum absolute atomic E-state index is 0.0359. The first-order chi connectivity index (χ1) is 11.0. The Morgan fingerprint density at radius 1 is 1.30 bits per heavy atom. The lowest BCUT2D eigenvalue weighted by molar-refractivity contribution is 0.119. The SMILES string of the molecule is [B]NOP(=O)(ON[B])Oc1cccc2c1C(CCN(C)C)C=N2. The number of rotatable bonds is 9. The van der Waals surface area contributed by atoms with Gasteiger partial charge in [0.25, 0.3) is 0 Å². The predicted octanol–water partition coefficient (Wildman–Crippen LogP) is 1.13. The van der Waals surface area contributed by atoms with E-state index in [0.717, 1.165) is 24.2 Å². The molecule has 1 aliphatic rings. The van der Waals surface area contributed by atoms with E-state index in [0.29, 0.717) is 5.75 Å². The molecule has 1 unspecified atom stereocenters. The van der Waals surface area contributed by atoms with Crippen molar-refractivity contribution in [3.8, 4) is 5.75 Å². The van der Waals surface area contributed by atoms with Gasteiger partial charge in [0.1, 0.15) is 5.75 Å². The fourth-order valence-electron chi connectivity index (χ4n) is 2.26. The molecule has 23 heavy (non-hydrogen) atoms. The fraction of sp³-hybridized carbons (Fsp3) is 0.417. The number of fused-ring (bicyclic) bond motifs is 1. The molecule has 0 fully saturated rings. The van der Waals surface area contributed by atoms with Crippen LogP contribution in [0.25, 0.3) is 0 Å². The van der Waals surface area contributed by atoms with Crippen molar-refractivity contribution in [1.29, 1.82) is 0 Å². The number of hydrogen-bond acceptors (Lipinski definition) is 8. The van der Waals surface area contributed by atoms with Gasteiger partial charge >= 0.3 is 7.82 Å². The number of nitrogens with one attached hydrogen (secondary N) is 2. The van der Waals surface area contributed by atoms with Crippen molar-refractivity contribution < 1.29 is 18.3 Å². The molecule has 0 aliphatic carbocycles. The molecule has 1 heterocycles. The van der Waals surface area contributed by atoms with Crippen molar-refractivity contribution in [2.75, 3.05) is 20.6 Å². The first-order valence-electron chi connectivity index (χ1n) is 6.89. The van der Waals surface area contributed by atoms with Crippen LogP contribution in [-0.2, 0) is 13.8 Å². The van der Waals surface area contributed by atoms with Gasteiger partial charge in [-0.3, -0.25) is 4.99 Å². The molecule has 0 aromatic heterocycles. The van der Waals surface area contributed by atoms with Crippen LogP contribution in [0.3, 0.4) is 0 Å². The van der Waals surface area contributed by atoms with Crippen molar-refractivity contribution in [1.82, 2.24) is 15.7 Å². The molecule has 0 bridgehead atoms. The molecular formula is C12H17B2N4O4P. The highest BCUT2D eigenvalue weighted by Crippen LogP contribution is 2.51. The van der Waals surface area contributed by atoms with Gasteiger partial charge in [0.2, 0.25) is 16.0 Å². The van der Waals surface area contributed by atoms with E-state index in [2.05, 4.69) is 19.1 Å². The van der Waals surface area contributed by atoms with Crippen LogP contribution in [0.1, 0.15) is 17.9 Å². The minimum atomic E-state index is -4.08. The normalized spacial score (nSPS) is 16.7. The van der Waals surface area contributed by atoms with Gasteiger partial charge in [-0.1, -0.05) is 6.07 Å². The Kier molecular flexibility index (Phi) is 6.41. The molecule has 2 rings (SSSR count). The van der Waals surface area contributed by atoms with Gasteiger partial charge < -0.3 is 9.42 Å². The van der Waals surface area contributed by atoms with Gasteiger partial charge in [0.05, 0.1) is 5.69 Å². The number of aliphatic imine (C=N–C) groups is 1. The van der Waals surface area contributed by atoms with E-state index in [9.17, 15) is 4.57 Å². The van der Waals surface area contributed by atoms with Crippen LogP contribution >= 0.6 is 7.82 Å². The Hall–Kier alpha value is -1.15. The summed E-state index contributed by atoms with van der Waals surface area (Å²) in [7, 11) is 9.94. The molecule has 1 aromatic carbocycles. The topological polar surface area (TPSA) is 84.4 Å². The van der Waals surface area contributed by atoms with E-state index in [4.69, 9.17) is 20.5 Å². The third kappa shape index (κ3) is 4.67. The summed E-state index contributed by atoms with van der Waals surface area (Å²) in [6.45, 7) is 0.865. The summed E-state index contributed by atoms with van der Waals surface area (Å²) in [5, 5.41) is 3.57. The Bertz CT molecular complexity index is 607. The molecule has 0 spiro atoms. The lowest BCUT2D eigenvalue weighted by Crippen LogP contribution is -2.18. The first-order valence-corrected chi connectivity index (χ1v) is 8.35. The summed E-state index contributed by atoms with van der Waals surface area (Å²) in [4.78, 5) is 6.44. The Morgan fingerprint density at radius 2 is 2.00 bits per heavy atom. The zero-order chi connectivity index (χ0) is 16.9. The summed E-state index contributed by atoms with van der Waals surface area (Å²) in [5.41, 5.74) is 1.56. The number of benzene rings is 1. The molecule has 11 heteroatoms. The van der Waals surface area contributed by atoms with Crippen LogP contribution in [-0.4, -0.2) is 47.7 Å². The average molecular weight is 334 g/mol. The van der Waals surface area contributed by atoms with Crippen LogP contribution in [0.4, 0.5) is 5.69 Å². The average Bonchev–Trinajstić information content (AvgIpc) is 2.89. The molecule has 2 N–H and O–H groups in total. The fourth-order valence-corrected chi connectivity index (χ4v) is 3.03. The number of hydrogen-bond donors (Lipinski definition) is 2. The largest absolute Gasteiger partial charge is 0.561 e. The van der Waals surface area contributed by atoms with Crippen molar-refractivity contribution in [2.24, 2.45) is 4.99 Å². The maximum atomic E-state index is 12.4. The van der Waals surface area contributed by atoms with Crippen molar-refractivity contribution in [3.05, 3.63) is 23.8 Å². The lowest BCUT2D eigenvalue weighted by atomic mass is 9.97. The van der Waals surface area contributed by atoms with Gasteiger partial charge in [0, 0.05) is 17.7 Å². The molecule has 0 saturated heterocycles. The third-order valence-corrected chi connectivity index (χ3v) is 4.31. The minimum Gasteiger partial charge on any atom is -0.402 e. The highest BCUT2D eigenvalue weighted by atomic mass is 31.2. The molecule has 1 aliphatic heterocycles. The van der Waals surface area contributed by atoms with Crippen LogP contribution < -0.4 is 15.3 Å². The second-order valence-electron chi connectivity index (χ2n) is 5.12. The number of nitrogens with zero attached hydrogens (tertiary/aromatic N) is 2. The number of phosphoric acid groups is 1. The summed E-state index contributed by atoms with van der Waals surface area (Å²) in [5.74, 6) is 0.367. The molecule has 4 radical (unpaired) electrons. The monoisotopic (exact) mass is 334 g/mol. The van der Waals surface area contributed by atoms with Gasteiger partial charge in [-0.25, -0.2) is 24.6 Å². The lowest BCUT2D eigenvalue weighted by Gasteiger charge is -2.20. The standard InChI is InChI=1S/C12H17B2N4O4P/c1-18(2)7-6-9-8-15-10-4-3-5-11(12(9)10)20-23(19,21-16-13)22-17-14/h3-5,8-9,16-17H,6-7H2,1-2H3. The van der Waals surface area contributed by atoms with E-state index in [-0.39, 0.29) is 5.92 Å². The summed E-state index contributed by atoms with van der Waals surface area (Å²) >= 11 is 0. The summed E-state index contributed by atoms with van der Waals surface area (Å²) in [6.07, 6.45) is 2.68. The van der Waals surface area contributed by atoms with Crippen LogP contribution in [0, 0.1) is 0 Å². The van der Waals surface area contributed by atoms with E-state index in [1.807, 2.05) is 26.4 Å². The molecule has 1 aromatic rings. The van der Waals surface area contributed by atoms with Crippen LogP contribution in [0.2, 0.25) is 0 Å². The van der Waals surface area contributed by atoms with Crippen LogP contribution in [0.15, 0.2) is 23.2 Å². The smallest absolute Gasteiger partial charge is 0.402 e. The van der Waals surface area contributed by atoms with Gasteiger partial charge in [-0.2, -0.15) is 0 Å².